The standard InChI is InChI=1S/C3H7O3P.C2N2/c1-2-3-7(4,5)6;3-1-2-4/h2H,1,3H2,(H2,4,5,6);. The van der Waals surface area contributed by atoms with Gasteiger partial charge in [0.1, 0.15) is 0 Å². The summed E-state index contributed by atoms with van der Waals surface area (Å²) in [5.74, 6) is 0. The van der Waals surface area contributed by atoms with Gasteiger partial charge in [0.05, 0.1) is 6.16 Å². The molecule has 0 radical (unpaired) electrons. The third-order valence-electron chi connectivity index (χ3n) is 0.417. The Labute approximate surface area is 64.4 Å². The van der Waals surface area contributed by atoms with E-state index in [2.05, 4.69) is 6.58 Å². The van der Waals surface area contributed by atoms with E-state index in [9.17, 15) is 4.57 Å². The number of allylic oxidation sites excluding steroid dienone is 1. The molecule has 0 aromatic carbocycles. The van der Waals surface area contributed by atoms with E-state index in [1.54, 1.807) is 0 Å². The SMILES string of the molecule is C=CCP(=O)(O)O.N#CC#N. The normalized spacial score (nSPS) is 8.00. The quantitative estimate of drug-likeness (QED) is 0.465. The van der Waals surface area contributed by atoms with Crippen molar-refractivity contribution in [3.63, 3.8) is 0 Å². The summed E-state index contributed by atoms with van der Waals surface area (Å²) in [6.07, 6.45) is 0.966. The minimum Gasteiger partial charge on any atom is -0.324 e. The maximum Gasteiger partial charge on any atom is 0.329 e. The van der Waals surface area contributed by atoms with Gasteiger partial charge in [0.25, 0.3) is 0 Å². The summed E-state index contributed by atoms with van der Waals surface area (Å²) in [6, 6.07) is 2.47. The van der Waals surface area contributed by atoms with Crippen LogP contribution in [0.4, 0.5) is 0 Å². The Morgan fingerprint density at radius 3 is 1.82 bits per heavy atom. The third-order valence-corrected chi connectivity index (χ3v) is 1.15. The van der Waals surface area contributed by atoms with Gasteiger partial charge in [-0.25, -0.2) is 0 Å². The molecule has 0 spiro atoms. The highest BCUT2D eigenvalue weighted by atomic mass is 31.2. The summed E-state index contributed by atoms with van der Waals surface area (Å²) in [7, 11) is -3.78. The molecule has 0 amide bonds. The van der Waals surface area contributed by atoms with Gasteiger partial charge in [-0.2, -0.15) is 10.5 Å². The first-order valence-electron chi connectivity index (χ1n) is 2.41. The number of nitrogens with zero attached hydrogens (tertiary/aromatic N) is 2. The smallest absolute Gasteiger partial charge is 0.324 e. The van der Waals surface area contributed by atoms with Crippen molar-refractivity contribution < 1.29 is 14.4 Å². The molecule has 2 N–H and O–H groups in total. The molecule has 0 saturated heterocycles. The van der Waals surface area contributed by atoms with Crippen LogP contribution in [-0.4, -0.2) is 15.9 Å². The molecule has 0 aliphatic rings. The van der Waals surface area contributed by atoms with E-state index >= 15 is 0 Å². The van der Waals surface area contributed by atoms with Crippen LogP contribution in [0.3, 0.4) is 0 Å². The van der Waals surface area contributed by atoms with Gasteiger partial charge in [0, 0.05) is 0 Å². The van der Waals surface area contributed by atoms with Crippen molar-refractivity contribution >= 4 is 7.60 Å². The summed E-state index contributed by atoms with van der Waals surface area (Å²) in [4.78, 5) is 16.1. The van der Waals surface area contributed by atoms with Crippen LogP contribution >= 0.6 is 7.60 Å². The van der Waals surface area contributed by atoms with Crippen molar-refractivity contribution in [1.82, 2.24) is 0 Å². The number of hydrogen-bond donors (Lipinski definition) is 2. The molecule has 0 aromatic rings. The van der Waals surface area contributed by atoms with Crippen LogP contribution in [0.15, 0.2) is 12.7 Å². The zero-order valence-corrected chi connectivity index (χ0v) is 6.53. The first-order chi connectivity index (χ1) is 4.97. The van der Waals surface area contributed by atoms with E-state index in [0.29, 0.717) is 0 Å². The van der Waals surface area contributed by atoms with Crippen molar-refractivity contribution in [2.75, 3.05) is 6.16 Å². The molecule has 0 aromatic heterocycles. The monoisotopic (exact) mass is 174 g/mol. The summed E-state index contributed by atoms with van der Waals surface area (Å²) in [6.45, 7) is 3.15. The van der Waals surface area contributed by atoms with Gasteiger partial charge < -0.3 is 9.79 Å². The molecular weight excluding hydrogens is 167 g/mol. The summed E-state index contributed by atoms with van der Waals surface area (Å²) in [5.41, 5.74) is 0. The van der Waals surface area contributed by atoms with E-state index in [-0.39, 0.29) is 6.16 Å². The molecule has 0 aliphatic carbocycles. The number of nitriles is 2. The minimum absolute atomic E-state index is 0.229. The van der Waals surface area contributed by atoms with E-state index in [0.717, 1.165) is 0 Å². The molecule has 6 heteroatoms. The van der Waals surface area contributed by atoms with Gasteiger partial charge in [0.2, 0.25) is 0 Å². The lowest BCUT2D eigenvalue weighted by atomic mass is 10.8. The first-order valence-corrected chi connectivity index (χ1v) is 4.21. The first kappa shape index (κ1) is 12.5. The number of hydrogen-bond acceptors (Lipinski definition) is 3. The lowest BCUT2D eigenvalue weighted by Gasteiger charge is -1.94. The molecule has 0 atom stereocenters. The van der Waals surface area contributed by atoms with E-state index in [1.807, 2.05) is 0 Å². The Balaban J connectivity index is 0. The van der Waals surface area contributed by atoms with Gasteiger partial charge >= 0.3 is 7.60 Å². The number of rotatable bonds is 2. The van der Waals surface area contributed by atoms with Crippen LogP contribution in [0, 0.1) is 22.7 Å². The fourth-order valence-corrected chi connectivity index (χ4v) is 0.505. The molecule has 0 fully saturated rings. The predicted molar refractivity (Wildman–Crippen MR) is 38.3 cm³/mol. The highest BCUT2D eigenvalue weighted by Gasteiger charge is 2.06. The maximum atomic E-state index is 9.85. The second-order valence-corrected chi connectivity index (χ2v) is 3.05. The van der Waals surface area contributed by atoms with Crippen LogP contribution in [0.5, 0.6) is 0 Å². The Morgan fingerprint density at radius 1 is 1.45 bits per heavy atom. The van der Waals surface area contributed by atoms with Crippen molar-refractivity contribution in [2.45, 2.75) is 0 Å². The van der Waals surface area contributed by atoms with Crippen molar-refractivity contribution in [1.29, 1.82) is 10.5 Å². The molecule has 0 unspecified atom stereocenters. The fourth-order valence-electron chi connectivity index (χ4n) is 0.168. The van der Waals surface area contributed by atoms with Crippen molar-refractivity contribution in [3.8, 4) is 12.1 Å². The van der Waals surface area contributed by atoms with E-state index in [1.165, 1.54) is 18.2 Å². The average Bonchev–Trinajstić information content (AvgIpc) is 1.86. The van der Waals surface area contributed by atoms with Gasteiger partial charge in [0.15, 0.2) is 12.1 Å². The van der Waals surface area contributed by atoms with Gasteiger partial charge in [-0.15, -0.1) is 6.58 Å². The highest BCUT2D eigenvalue weighted by Crippen LogP contribution is 2.33. The van der Waals surface area contributed by atoms with Crippen LogP contribution in [-0.2, 0) is 4.57 Å². The largest absolute Gasteiger partial charge is 0.329 e. The summed E-state index contributed by atoms with van der Waals surface area (Å²) in [5, 5.41) is 14.5. The van der Waals surface area contributed by atoms with Crippen LogP contribution in [0.1, 0.15) is 0 Å². The molecule has 0 saturated carbocycles. The van der Waals surface area contributed by atoms with Crippen LogP contribution < -0.4 is 0 Å². The summed E-state index contributed by atoms with van der Waals surface area (Å²) >= 11 is 0. The molecule has 60 valence electrons. The molecular formula is C5H7N2O3P. The van der Waals surface area contributed by atoms with Crippen molar-refractivity contribution in [3.05, 3.63) is 12.7 Å². The fraction of sp³-hybridized carbons (Fsp3) is 0.200. The second kappa shape index (κ2) is 6.98. The van der Waals surface area contributed by atoms with Crippen molar-refractivity contribution in [2.24, 2.45) is 0 Å². The maximum absolute atomic E-state index is 9.85. The lowest BCUT2D eigenvalue weighted by molar-refractivity contribution is 0.377. The minimum atomic E-state index is -3.78. The Morgan fingerprint density at radius 2 is 1.82 bits per heavy atom. The Kier molecular flexibility index (Phi) is 7.96. The van der Waals surface area contributed by atoms with E-state index in [4.69, 9.17) is 20.3 Å². The predicted octanol–water partition coefficient (Wildman–Crippen LogP) is 0.384. The zero-order valence-electron chi connectivity index (χ0n) is 5.64. The second-order valence-electron chi connectivity index (χ2n) is 1.36. The Hall–Kier alpha value is -1.13. The van der Waals surface area contributed by atoms with Gasteiger partial charge in [-0.05, 0) is 0 Å². The van der Waals surface area contributed by atoms with Crippen LogP contribution in [0.2, 0.25) is 0 Å². The molecule has 0 bridgehead atoms. The van der Waals surface area contributed by atoms with Gasteiger partial charge in [-0.3, -0.25) is 4.57 Å². The lowest BCUT2D eigenvalue weighted by Crippen LogP contribution is -1.78. The molecule has 11 heavy (non-hydrogen) atoms. The zero-order chi connectivity index (χ0) is 9.33. The summed E-state index contributed by atoms with van der Waals surface area (Å²) < 4.78 is 9.85. The Bertz CT molecular complexity index is 219. The topological polar surface area (TPSA) is 105 Å². The van der Waals surface area contributed by atoms with Crippen LogP contribution in [0.25, 0.3) is 0 Å². The van der Waals surface area contributed by atoms with E-state index < -0.39 is 7.60 Å². The molecule has 5 nitrogen and oxygen atoms in total. The highest BCUT2D eigenvalue weighted by molar-refractivity contribution is 7.51. The molecule has 0 rings (SSSR count). The molecule has 0 heterocycles. The van der Waals surface area contributed by atoms with Gasteiger partial charge in [-0.1, -0.05) is 6.08 Å². The third kappa shape index (κ3) is 28.0. The molecule has 0 aliphatic heterocycles. The average molecular weight is 174 g/mol.